The van der Waals surface area contributed by atoms with Gasteiger partial charge in [-0.3, -0.25) is 0 Å². The highest BCUT2D eigenvalue weighted by Gasteiger charge is 2.13. The summed E-state index contributed by atoms with van der Waals surface area (Å²) in [6.07, 6.45) is 4.08. The van der Waals surface area contributed by atoms with Gasteiger partial charge in [-0.2, -0.15) is 0 Å². The van der Waals surface area contributed by atoms with E-state index in [1.807, 2.05) is 43.6 Å². The first kappa shape index (κ1) is 22.9. The van der Waals surface area contributed by atoms with E-state index in [0.29, 0.717) is 23.8 Å². The standard InChI is InChI=1S/C19H28N4O3.HI/c1-5-20-19(21-8-11-23-9-6-7-10-23)22-14-16-17(25-3)12-15(24-2)13-18(16)26-4;/h6-7,9-10,12-13H,5,8,11,14H2,1-4H3,(H2,20,21,22);1H. The minimum absolute atomic E-state index is 0. The van der Waals surface area contributed by atoms with Crippen molar-refractivity contribution in [1.29, 1.82) is 0 Å². The number of aliphatic imine (C=N–C) groups is 1. The first-order valence-electron chi connectivity index (χ1n) is 8.63. The second kappa shape index (κ2) is 12.3. The van der Waals surface area contributed by atoms with Gasteiger partial charge in [-0.1, -0.05) is 0 Å². The first-order valence-corrected chi connectivity index (χ1v) is 8.63. The van der Waals surface area contributed by atoms with E-state index in [0.717, 1.165) is 31.2 Å². The largest absolute Gasteiger partial charge is 0.496 e. The molecule has 0 atom stereocenters. The molecule has 0 bridgehead atoms. The summed E-state index contributed by atoms with van der Waals surface area (Å²) in [5.74, 6) is 2.81. The normalized spacial score (nSPS) is 10.7. The topological polar surface area (TPSA) is 69.0 Å². The number of hydrogen-bond donors (Lipinski definition) is 2. The third-order valence-corrected chi connectivity index (χ3v) is 3.89. The number of benzene rings is 1. The third-order valence-electron chi connectivity index (χ3n) is 3.89. The average molecular weight is 488 g/mol. The van der Waals surface area contributed by atoms with Crippen LogP contribution in [0.5, 0.6) is 17.2 Å². The van der Waals surface area contributed by atoms with E-state index in [4.69, 9.17) is 14.2 Å². The lowest BCUT2D eigenvalue weighted by Gasteiger charge is -2.15. The van der Waals surface area contributed by atoms with Crippen LogP contribution in [-0.4, -0.2) is 44.9 Å². The Morgan fingerprint density at radius 1 is 1.00 bits per heavy atom. The summed E-state index contributed by atoms with van der Waals surface area (Å²) >= 11 is 0. The molecule has 2 rings (SSSR count). The molecule has 1 aromatic carbocycles. The van der Waals surface area contributed by atoms with Crippen LogP contribution < -0.4 is 24.8 Å². The van der Waals surface area contributed by atoms with Crippen molar-refractivity contribution in [2.75, 3.05) is 34.4 Å². The van der Waals surface area contributed by atoms with E-state index < -0.39 is 0 Å². The van der Waals surface area contributed by atoms with Crippen LogP contribution in [0.25, 0.3) is 0 Å². The number of guanidine groups is 1. The predicted molar refractivity (Wildman–Crippen MR) is 119 cm³/mol. The zero-order valence-corrected chi connectivity index (χ0v) is 18.7. The molecule has 0 saturated carbocycles. The molecule has 0 spiro atoms. The Hall–Kier alpha value is -2.10. The van der Waals surface area contributed by atoms with Crippen molar-refractivity contribution in [1.82, 2.24) is 15.2 Å². The number of nitrogens with one attached hydrogen (secondary N) is 2. The maximum Gasteiger partial charge on any atom is 0.191 e. The lowest BCUT2D eigenvalue weighted by molar-refractivity contribution is 0.369. The number of methoxy groups -OCH3 is 3. The van der Waals surface area contributed by atoms with Crippen molar-refractivity contribution in [3.63, 3.8) is 0 Å². The Morgan fingerprint density at radius 2 is 1.63 bits per heavy atom. The molecule has 8 heteroatoms. The number of ether oxygens (including phenoxy) is 3. The van der Waals surface area contributed by atoms with Crippen LogP contribution in [0.2, 0.25) is 0 Å². The van der Waals surface area contributed by atoms with Crippen molar-refractivity contribution < 1.29 is 14.2 Å². The van der Waals surface area contributed by atoms with Gasteiger partial charge < -0.3 is 29.4 Å². The zero-order chi connectivity index (χ0) is 18.8. The second-order valence-electron chi connectivity index (χ2n) is 5.55. The summed E-state index contributed by atoms with van der Waals surface area (Å²) in [5, 5.41) is 6.59. The molecular weight excluding hydrogens is 459 g/mol. The molecule has 0 unspecified atom stereocenters. The van der Waals surface area contributed by atoms with Crippen molar-refractivity contribution in [3.05, 3.63) is 42.2 Å². The Bertz CT molecular complexity index is 680. The van der Waals surface area contributed by atoms with Crippen molar-refractivity contribution in [2.45, 2.75) is 20.0 Å². The highest BCUT2D eigenvalue weighted by molar-refractivity contribution is 14.0. The van der Waals surface area contributed by atoms with Crippen LogP contribution in [0.3, 0.4) is 0 Å². The van der Waals surface area contributed by atoms with E-state index in [-0.39, 0.29) is 24.0 Å². The van der Waals surface area contributed by atoms with Crippen LogP contribution in [0.1, 0.15) is 12.5 Å². The number of hydrogen-bond acceptors (Lipinski definition) is 4. The molecule has 0 aliphatic heterocycles. The molecule has 7 nitrogen and oxygen atoms in total. The Balaban J connectivity index is 0.00000364. The van der Waals surface area contributed by atoms with Gasteiger partial charge in [0.1, 0.15) is 17.2 Å². The van der Waals surface area contributed by atoms with Gasteiger partial charge in [0, 0.05) is 44.2 Å². The number of halogens is 1. The van der Waals surface area contributed by atoms with Crippen molar-refractivity contribution in [2.24, 2.45) is 4.99 Å². The molecule has 0 fully saturated rings. The summed E-state index contributed by atoms with van der Waals surface area (Å²) in [6.45, 7) is 4.89. The SMILES string of the molecule is CCNC(=NCc1c(OC)cc(OC)cc1OC)NCCn1cccc1.I. The van der Waals surface area contributed by atoms with E-state index in [2.05, 4.69) is 20.2 Å². The van der Waals surface area contributed by atoms with Gasteiger partial charge in [-0.25, -0.2) is 4.99 Å². The summed E-state index contributed by atoms with van der Waals surface area (Å²) < 4.78 is 18.4. The van der Waals surface area contributed by atoms with Crippen LogP contribution in [0.15, 0.2) is 41.7 Å². The predicted octanol–water partition coefficient (Wildman–Crippen LogP) is 2.89. The summed E-state index contributed by atoms with van der Waals surface area (Å²) in [4.78, 5) is 4.66. The van der Waals surface area contributed by atoms with Crippen LogP contribution >= 0.6 is 24.0 Å². The Labute approximate surface area is 178 Å². The fourth-order valence-electron chi connectivity index (χ4n) is 2.56. The minimum Gasteiger partial charge on any atom is -0.496 e. The van der Waals surface area contributed by atoms with Crippen molar-refractivity contribution >= 4 is 29.9 Å². The fraction of sp³-hybridized carbons (Fsp3) is 0.421. The maximum atomic E-state index is 5.48. The smallest absolute Gasteiger partial charge is 0.191 e. The van der Waals surface area contributed by atoms with Crippen LogP contribution in [-0.2, 0) is 13.1 Å². The number of nitrogens with zero attached hydrogens (tertiary/aromatic N) is 2. The molecule has 27 heavy (non-hydrogen) atoms. The molecule has 0 aliphatic rings. The molecular formula is C19H29IN4O3. The van der Waals surface area contributed by atoms with E-state index in [1.54, 1.807) is 21.3 Å². The van der Waals surface area contributed by atoms with Gasteiger partial charge in [0.15, 0.2) is 5.96 Å². The number of rotatable bonds is 9. The zero-order valence-electron chi connectivity index (χ0n) is 16.3. The Morgan fingerprint density at radius 3 is 2.15 bits per heavy atom. The molecule has 0 aliphatic carbocycles. The van der Waals surface area contributed by atoms with E-state index >= 15 is 0 Å². The van der Waals surface area contributed by atoms with Crippen LogP contribution in [0, 0.1) is 0 Å². The lowest BCUT2D eigenvalue weighted by atomic mass is 10.1. The maximum absolute atomic E-state index is 5.48. The molecule has 2 aromatic rings. The monoisotopic (exact) mass is 488 g/mol. The highest BCUT2D eigenvalue weighted by atomic mass is 127. The van der Waals surface area contributed by atoms with Gasteiger partial charge in [0.2, 0.25) is 0 Å². The molecule has 150 valence electrons. The van der Waals surface area contributed by atoms with Gasteiger partial charge in [0.25, 0.3) is 0 Å². The molecule has 1 aromatic heterocycles. The number of aromatic nitrogens is 1. The third kappa shape index (κ3) is 6.85. The molecule has 0 amide bonds. The quantitative estimate of drug-likeness (QED) is 0.323. The second-order valence-corrected chi connectivity index (χ2v) is 5.55. The molecule has 1 heterocycles. The van der Waals surface area contributed by atoms with E-state index in [1.165, 1.54) is 0 Å². The fourth-order valence-corrected chi connectivity index (χ4v) is 2.56. The van der Waals surface area contributed by atoms with Crippen molar-refractivity contribution in [3.8, 4) is 17.2 Å². The summed E-state index contributed by atoms with van der Waals surface area (Å²) in [7, 11) is 4.87. The van der Waals surface area contributed by atoms with Crippen LogP contribution in [0.4, 0.5) is 0 Å². The van der Waals surface area contributed by atoms with Gasteiger partial charge >= 0.3 is 0 Å². The van der Waals surface area contributed by atoms with Gasteiger partial charge in [-0.15, -0.1) is 24.0 Å². The van der Waals surface area contributed by atoms with E-state index in [9.17, 15) is 0 Å². The molecule has 0 radical (unpaired) electrons. The summed E-state index contributed by atoms with van der Waals surface area (Å²) in [6, 6.07) is 7.70. The van der Waals surface area contributed by atoms with Gasteiger partial charge in [0.05, 0.1) is 33.4 Å². The Kier molecular flexibility index (Phi) is 10.5. The van der Waals surface area contributed by atoms with Gasteiger partial charge in [-0.05, 0) is 19.1 Å². The molecule has 0 saturated heterocycles. The highest BCUT2D eigenvalue weighted by Crippen LogP contribution is 2.34. The lowest BCUT2D eigenvalue weighted by Crippen LogP contribution is -2.38. The summed E-state index contributed by atoms with van der Waals surface area (Å²) in [5.41, 5.74) is 0.874. The first-order chi connectivity index (χ1) is 12.7. The minimum atomic E-state index is 0. The molecule has 2 N–H and O–H groups in total. The average Bonchev–Trinajstić information content (AvgIpc) is 3.18.